The van der Waals surface area contributed by atoms with Crippen LogP contribution in [0.1, 0.15) is 33.3 Å². The van der Waals surface area contributed by atoms with E-state index in [1.807, 2.05) is 13.8 Å². The van der Waals surface area contributed by atoms with Crippen LogP contribution in [0.3, 0.4) is 0 Å². The van der Waals surface area contributed by atoms with E-state index in [1.54, 1.807) is 32.0 Å². The predicted molar refractivity (Wildman–Crippen MR) is 77.7 cm³/mol. The van der Waals surface area contributed by atoms with Gasteiger partial charge in [-0.05, 0) is 30.9 Å². The maximum atomic E-state index is 13.5. The molecule has 1 rings (SSSR count). The normalized spacial score (nSPS) is 15.8. The number of carbonyl (C=O) groups excluding carboxylic acids is 1. The molecule has 2 atom stereocenters. The van der Waals surface area contributed by atoms with E-state index in [0.717, 1.165) is 0 Å². The number of halogens is 1. The molecule has 0 saturated carbocycles. The summed E-state index contributed by atoms with van der Waals surface area (Å²) >= 11 is 0. The fourth-order valence-electron chi connectivity index (χ4n) is 1.73. The van der Waals surface area contributed by atoms with Gasteiger partial charge in [-0.25, -0.2) is 4.39 Å². The van der Waals surface area contributed by atoms with E-state index >= 15 is 0 Å². The van der Waals surface area contributed by atoms with Crippen molar-refractivity contribution >= 4 is 5.91 Å². The quantitative estimate of drug-likeness (QED) is 0.842. The zero-order valence-electron chi connectivity index (χ0n) is 12.6. The minimum Gasteiger partial charge on any atom is -0.388 e. The van der Waals surface area contributed by atoms with Crippen molar-refractivity contribution in [2.45, 2.75) is 39.7 Å². The van der Waals surface area contributed by atoms with E-state index in [-0.39, 0.29) is 30.1 Å². The largest absolute Gasteiger partial charge is 0.388 e. The van der Waals surface area contributed by atoms with E-state index in [0.29, 0.717) is 12.0 Å². The Labute approximate surface area is 120 Å². The molecular formula is C16H24FNO2. The number of rotatable bonds is 6. The second kappa shape index (κ2) is 6.84. The van der Waals surface area contributed by atoms with Crippen LogP contribution >= 0.6 is 0 Å². The van der Waals surface area contributed by atoms with E-state index in [1.165, 1.54) is 6.07 Å². The molecule has 0 fully saturated rings. The Morgan fingerprint density at radius 2 is 1.95 bits per heavy atom. The van der Waals surface area contributed by atoms with Crippen molar-refractivity contribution in [3.8, 4) is 0 Å². The molecule has 0 aliphatic carbocycles. The zero-order valence-corrected chi connectivity index (χ0v) is 12.6. The lowest BCUT2D eigenvalue weighted by atomic mass is 9.92. The highest BCUT2D eigenvalue weighted by Gasteiger charge is 2.26. The molecule has 3 nitrogen and oxygen atoms in total. The fourth-order valence-corrected chi connectivity index (χ4v) is 1.73. The van der Waals surface area contributed by atoms with Crippen LogP contribution in [0, 0.1) is 17.7 Å². The highest BCUT2D eigenvalue weighted by molar-refractivity contribution is 5.78. The number of carbonyl (C=O) groups is 1. The van der Waals surface area contributed by atoms with E-state index < -0.39 is 5.60 Å². The van der Waals surface area contributed by atoms with Crippen molar-refractivity contribution in [3.05, 3.63) is 35.6 Å². The third kappa shape index (κ3) is 4.60. The van der Waals surface area contributed by atoms with Crippen molar-refractivity contribution in [2.75, 3.05) is 6.54 Å². The van der Waals surface area contributed by atoms with Crippen LogP contribution in [-0.2, 0) is 11.2 Å². The third-order valence-corrected chi connectivity index (χ3v) is 3.80. The minimum atomic E-state index is -0.937. The second-order valence-electron chi connectivity index (χ2n) is 5.93. The Balaban J connectivity index is 2.54. The van der Waals surface area contributed by atoms with Crippen LogP contribution in [0.25, 0.3) is 0 Å². The number of nitrogens with one attached hydrogen (secondary N) is 1. The van der Waals surface area contributed by atoms with E-state index in [4.69, 9.17) is 0 Å². The summed E-state index contributed by atoms with van der Waals surface area (Å²) in [4.78, 5) is 12.0. The van der Waals surface area contributed by atoms with Crippen LogP contribution < -0.4 is 5.32 Å². The molecule has 1 amide bonds. The van der Waals surface area contributed by atoms with Gasteiger partial charge in [0, 0.05) is 12.5 Å². The number of aliphatic hydroxyl groups is 1. The Morgan fingerprint density at radius 3 is 2.50 bits per heavy atom. The topological polar surface area (TPSA) is 49.3 Å². The van der Waals surface area contributed by atoms with Crippen LogP contribution in [0.15, 0.2) is 24.3 Å². The van der Waals surface area contributed by atoms with Gasteiger partial charge in [0.1, 0.15) is 5.82 Å². The summed E-state index contributed by atoms with van der Waals surface area (Å²) in [7, 11) is 0. The van der Waals surface area contributed by atoms with Crippen molar-refractivity contribution in [1.82, 2.24) is 5.32 Å². The van der Waals surface area contributed by atoms with Crippen molar-refractivity contribution in [1.29, 1.82) is 0 Å². The van der Waals surface area contributed by atoms with Crippen LogP contribution in [0.4, 0.5) is 4.39 Å². The van der Waals surface area contributed by atoms with Gasteiger partial charge in [0.25, 0.3) is 0 Å². The van der Waals surface area contributed by atoms with Gasteiger partial charge < -0.3 is 10.4 Å². The first kappa shape index (κ1) is 16.6. The van der Waals surface area contributed by atoms with Crippen LogP contribution in [-0.4, -0.2) is 23.2 Å². The summed E-state index contributed by atoms with van der Waals surface area (Å²) < 4.78 is 13.5. The highest BCUT2D eigenvalue weighted by atomic mass is 19.1. The van der Waals surface area contributed by atoms with Gasteiger partial charge in [0.2, 0.25) is 5.91 Å². The first-order valence-electron chi connectivity index (χ1n) is 6.97. The number of amides is 1. The van der Waals surface area contributed by atoms with Crippen molar-refractivity contribution < 1.29 is 14.3 Å². The van der Waals surface area contributed by atoms with Gasteiger partial charge in [-0.3, -0.25) is 4.79 Å². The molecule has 0 aromatic heterocycles. The molecule has 4 heteroatoms. The molecule has 2 N–H and O–H groups in total. The molecule has 0 saturated heterocycles. The lowest BCUT2D eigenvalue weighted by Gasteiger charge is -2.28. The van der Waals surface area contributed by atoms with Crippen LogP contribution in [0.2, 0.25) is 0 Å². The lowest BCUT2D eigenvalue weighted by Crippen LogP contribution is -2.45. The number of benzene rings is 1. The standard InChI is InChI=1S/C16H24FNO2/c1-11(2)16(4,20)10-18-15(19)12(3)9-13-7-5-6-8-14(13)17/h5-8,11-12,20H,9-10H2,1-4H3,(H,18,19). The predicted octanol–water partition coefficient (Wildman–Crippen LogP) is 2.53. The van der Waals surface area contributed by atoms with Crippen molar-refractivity contribution in [3.63, 3.8) is 0 Å². The van der Waals surface area contributed by atoms with Crippen LogP contribution in [0.5, 0.6) is 0 Å². The Bertz CT molecular complexity index is 458. The summed E-state index contributed by atoms with van der Waals surface area (Å²) in [5.74, 6) is -0.755. The zero-order chi connectivity index (χ0) is 15.3. The molecule has 20 heavy (non-hydrogen) atoms. The Hall–Kier alpha value is -1.42. The van der Waals surface area contributed by atoms with E-state index in [9.17, 15) is 14.3 Å². The van der Waals surface area contributed by atoms with E-state index in [2.05, 4.69) is 5.32 Å². The van der Waals surface area contributed by atoms with Gasteiger partial charge in [-0.15, -0.1) is 0 Å². The Kier molecular flexibility index (Phi) is 5.69. The first-order valence-corrected chi connectivity index (χ1v) is 6.97. The first-order chi connectivity index (χ1) is 9.24. The number of hydrogen-bond donors (Lipinski definition) is 2. The summed E-state index contributed by atoms with van der Waals surface area (Å²) in [5.41, 5.74) is -0.404. The average molecular weight is 281 g/mol. The molecule has 0 spiro atoms. The molecule has 0 aliphatic heterocycles. The smallest absolute Gasteiger partial charge is 0.223 e. The maximum absolute atomic E-state index is 13.5. The minimum absolute atomic E-state index is 0.0460. The molecule has 0 heterocycles. The van der Waals surface area contributed by atoms with Gasteiger partial charge in [0.05, 0.1) is 5.60 Å². The molecule has 0 aliphatic rings. The SMILES string of the molecule is CC(Cc1ccccc1F)C(=O)NCC(C)(O)C(C)C. The van der Waals surface area contributed by atoms with Gasteiger partial charge >= 0.3 is 0 Å². The fraction of sp³-hybridized carbons (Fsp3) is 0.562. The lowest BCUT2D eigenvalue weighted by molar-refractivity contribution is -0.126. The maximum Gasteiger partial charge on any atom is 0.223 e. The third-order valence-electron chi connectivity index (χ3n) is 3.80. The number of hydrogen-bond acceptors (Lipinski definition) is 2. The summed E-state index contributed by atoms with van der Waals surface area (Å²) in [5, 5.41) is 12.8. The van der Waals surface area contributed by atoms with Gasteiger partial charge in [-0.1, -0.05) is 39.0 Å². The van der Waals surface area contributed by atoms with Gasteiger partial charge in [0.15, 0.2) is 0 Å². The Morgan fingerprint density at radius 1 is 1.35 bits per heavy atom. The van der Waals surface area contributed by atoms with Crippen molar-refractivity contribution in [2.24, 2.45) is 11.8 Å². The second-order valence-corrected chi connectivity index (χ2v) is 5.93. The monoisotopic (exact) mass is 281 g/mol. The molecular weight excluding hydrogens is 257 g/mol. The molecule has 1 aromatic rings. The molecule has 2 unspecified atom stereocenters. The molecule has 1 aromatic carbocycles. The van der Waals surface area contributed by atoms with Gasteiger partial charge in [-0.2, -0.15) is 0 Å². The molecule has 112 valence electrons. The summed E-state index contributed by atoms with van der Waals surface area (Å²) in [6.07, 6.45) is 0.350. The molecule has 0 radical (unpaired) electrons. The molecule has 0 bridgehead atoms. The summed E-state index contributed by atoms with van der Waals surface area (Å²) in [6, 6.07) is 6.46. The summed E-state index contributed by atoms with van der Waals surface area (Å²) in [6.45, 7) is 7.44. The highest BCUT2D eigenvalue weighted by Crippen LogP contribution is 2.16. The average Bonchev–Trinajstić information content (AvgIpc) is 2.38.